The summed E-state index contributed by atoms with van der Waals surface area (Å²) in [6.45, 7) is 7.79. The van der Waals surface area contributed by atoms with Crippen molar-refractivity contribution >= 4 is 77.2 Å². The first-order valence-corrected chi connectivity index (χ1v) is 43.9. The number of allylic oxidation sites excluding steroid dienone is 10. The van der Waals surface area contributed by atoms with E-state index in [4.69, 9.17) is 9.47 Å². The van der Waals surface area contributed by atoms with Crippen LogP contribution in [0.2, 0.25) is 0 Å². The average molecular weight is 1710 g/mol. The fraction of sp³-hybridized carbons (Fsp3) is 0.787. The maximum atomic E-state index is 15.2. The minimum absolute atomic E-state index is 0. The van der Waals surface area contributed by atoms with Crippen molar-refractivity contribution in [2.75, 3.05) is 41.7 Å². The number of aliphatic hydroxyl groups is 3. The quantitative estimate of drug-likeness (QED) is 0.0110. The molecule has 28 heteroatoms. The molecule has 6 rings (SSSR count). The van der Waals surface area contributed by atoms with E-state index in [1.54, 1.807) is 6.08 Å². The lowest BCUT2D eigenvalue weighted by molar-refractivity contribution is -0.297. The third kappa shape index (κ3) is 37.2. The zero-order valence-corrected chi connectivity index (χ0v) is 71.7. The maximum absolute atomic E-state index is 15.2. The number of ketones is 5. The summed E-state index contributed by atoms with van der Waals surface area (Å²) in [4.78, 5) is 103. The van der Waals surface area contributed by atoms with Crippen LogP contribution in [-0.4, -0.2) is 167 Å². The standard InChI is InChI=1S/C25H42F2O6.2C21H32F2O4S.C21H30F2O4.CH4/c1-3-4-5-10-14-24(26,27)25(32-16-17-33-25)15-13-20-19(21(28)18-22(20)29)11-8-6-7-9-12-23(30)31-2;1-3-4-12-20(22,23)21(26)13-11-16-15(17(24)14-18(16)28-21)9-7-5-6-8-10-19(25)27-2;1-3-4-13-21(22,23)19(25)12-11-16-15(17(24)14-18(16)28)9-7-5-6-8-10-20(26)27-2;1-3-4-15-21(22,23)19(25)14-12-16-11-13-18(24)17(16)9-7-5-6-8-10-20(26)27-2;/h6,8,19-22,28-29H,3-5,7,9-18H2,1-2H3;5,7,15-16,18,26H,3-4,6,8-14H2,1-2H3;5,7,15-16,18,28H,3-4,6,8-14H2,1-2H3;5,7,11,13,16-17H,3-4,6,8-10,12,14-15H2,1-2H3;1H4/b8-6-;3*7-5-;/t19-,20?,21+,22-;15-,16-,18-,21?;15-,16?,18-;16?,17-;/m1111./s1. The average Bonchev–Trinajstić information content (AvgIpc) is 1.67. The number of esters is 4. The second-order valence-corrected chi connectivity index (χ2v) is 33.9. The zero-order valence-electron chi connectivity index (χ0n) is 70.0. The first-order chi connectivity index (χ1) is 55.0. The number of rotatable bonds is 51. The van der Waals surface area contributed by atoms with Gasteiger partial charge < -0.3 is 43.7 Å². The number of carbonyl (C=O) groups excluding carboxylic acids is 9. The zero-order chi connectivity index (χ0) is 86.6. The Labute approximate surface area is 701 Å². The van der Waals surface area contributed by atoms with Gasteiger partial charge in [0.2, 0.25) is 17.4 Å². The molecule has 3 saturated carbocycles. The van der Waals surface area contributed by atoms with Crippen LogP contribution >= 0.6 is 24.4 Å². The van der Waals surface area contributed by atoms with Crippen molar-refractivity contribution in [1.29, 1.82) is 0 Å². The van der Waals surface area contributed by atoms with E-state index in [1.807, 2.05) is 76.3 Å². The van der Waals surface area contributed by atoms with Crippen LogP contribution in [0.1, 0.15) is 298 Å². The maximum Gasteiger partial charge on any atom is 0.305 e. The van der Waals surface area contributed by atoms with Crippen LogP contribution in [0.3, 0.4) is 0 Å². The van der Waals surface area contributed by atoms with Crippen LogP contribution < -0.4 is 0 Å². The Kier molecular flexibility index (Phi) is 52.2. The number of halogens is 8. The Balaban J connectivity index is 0.000000529. The molecule has 4 unspecified atom stereocenters. The Bertz CT molecular complexity index is 3120. The molecule has 6 aliphatic rings. The Morgan fingerprint density at radius 1 is 0.513 bits per heavy atom. The van der Waals surface area contributed by atoms with E-state index in [0.29, 0.717) is 161 Å². The highest BCUT2D eigenvalue weighted by Gasteiger charge is 2.60. The normalized spacial score (nSPS) is 25.1. The number of thioether (sulfide) groups is 1. The minimum atomic E-state index is -3.28. The molecule has 2 heterocycles. The predicted molar refractivity (Wildman–Crippen MR) is 441 cm³/mol. The lowest BCUT2D eigenvalue weighted by Crippen LogP contribution is -2.50. The highest BCUT2D eigenvalue weighted by atomic mass is 32.2. The van der Waals surface area contributed by atoms with Gasteiger partial charge in [-0.2, -0.15) is 30.2 Å². The Hall–Kier alpha value is -5.13. The topological polar surface area (TPSA) is 270 Å². The number of fused-ring (bicyclic) bond motifs is 1. The summed E-state index contributed by atoms with van der Waals surface area (Å²) < 4.78 is 144. The minimum Gasteiger partial charge on any atom is -0.469 e. The van der Waals surface area contributed by atoms with Crippen molar-refractivity contribution in [3.8, 4) is 0 Å². The molecule has 18 nitrogen and oxygen atoms in total. The van der Waals surface area contributed by atoms with Gasteiger partial charge in [0.25, 0.3) is 5.92 Å². The summed E-state index contributed by atoms with van der Waals surface area (Å²) in [7, 11) is 5.42. The van der Waals surface area contributed by atoms with E-state index in [-0.39, 0.29) is 184 Å². The first kappa shape index (κ1) is 108. The van der Waals surface area contributed by atoms with Crippen molar-refractivity contribution in [3.63, 3.8) is 0 Å². The molecule has 2 saturated heterocycles. The van der Waals surface area contributed by atoms with Crippen molar-refractivity contribution in [3.05, 3.63) is 60.8 Å². The molecule has 0 bridgehead atoms. The molecule has 672 valence electrons. The molecule has 117 heavy (non-hydrogen) atoms. The number of hydrogen-bond donors (Lipinski definition) is 4. The molecule has 13 atom stereocenters. The van der Waals surface area contributed by atoms with Gasteiger partial charge >= 0.3 is 41.6 Å². The van der Waals surface area contributed by atoms with Gasteiger partial charge in [-0.05, 0) is 177 Å². The van der Waals surface area contributed by atoms with E-state index in [2.05, 4.69) is 31.6 Å². The number of aliphatic hydroxyl groups excluding tert-OH is 2. The van der Waals surface area contributed by atoms with E-state index in [1.165, 1.54) is 34.5 Å². The second kappa shape index (κ2) is 56.5. The summed E-state index contributed by atoms with van der Waals surface area (Å²) in [5, 5.41) is 31.2. The number of thiol groups is 1. The lowest BCUT2D eigenvalue weighted by Gasteiger charge is -2.43. The summed E-state index contributed by atoms with van der Waals surface area (Å²) >= 11 is 5.39. The number of carbonyl (C=O) groups is 9. The number of methoxy groups -OCH3 is 4. The Morgan fingerprint density at radius 2 is 0.940 bits per heavy atom. The molecule has 4 aliphatic carbocycles. The second-order valence-electron chi connectivity index (χ2n) is 31.7. The van der Waals surface area contributed by atoms with Crippen LogP contribution in [0.4, 0.5) is 35.1 Å². The van der Waals surface area contributed by atoms with Crippen LogP contribution in [0.15, 0.2) is 60.8 Å². The summed E-state index contributed by atoms with van der Waals surface area (Å²) in [6.07, 6.45) is 32.7. The highest BCUT2D eigenvalue weighted by Crippen LogP contribution is 2.57. The number of unbranched alkanes of at least 4 members (excludes halogenated alkanes) is 10. The van der Waals surface area contributed by atoms with Crippen LogP contribution in [-0.2, 0) is 71.6 Å². The summed E-state index contributed by atoms with van der Waals surface area (Å²) in [5.74, 6) is -19.1. The molecule has 0 aromatic carbocycles. The van der Waals surface area contributed by atoms with Gasteiger partial charge in [0.05, 0.1) is 53.9 Å². The summed E-state index contributed by atoms with van der Waals surface area (Å²) in [6, 6.07) is 0. The van der Waals surface area contributed by atoms with Crippen LogP contribution in [0.25, 0.3) is 0 Å². The molecule has 0 radical (unpaired) electrons. The van der Waals surface area contributed by atoms with Gasteiger partial charge in [0, 0.05) is 112 Å². The number of ether oxygens (including phenoxy) is 6. The lowest BCUT2D eigenvalue weighted by atomic mass is 9.84. The van der Waals surface area contributed by atoms with Crippen molar-refractivity contribution in [2.24, 2.45) is 47.3 Å². The fourth-order valence-corrected chi connectivity index (χ4v) is 18.2. The van der Waals surface area contributed by atoms with Gasteiger partial charge in [0.1, 0.15) is 11.6 Å². The molecular weight excluding hydrogens is 1570 g/mol. The van der Waals surface area contributed by atoms with Gasteiger partial charge in [-0.15, -0.1) is 11.8 Å². The molecule has 3 N–H and O–H groups in total. The smallest absolute Gasteiger partial charge is 0.305 e. The molecule has 0 spiro atoms. The third-order valence-electron chi connectivity index (χ3n) is 23.2. The molecular formula is C89H140F8O18S2. The van der Waals surface area contributed by atoms with Crippen molar-refractivity contribution in [1.82, 2.24) is 0 Å². The number of alkyl halides is 8. The van der Waals surface area contributed by atoms with Gasteiger partial charge in [0.15, 0.2) is 10.7 Å². The van der Waals surface area contributed by atoms with Crippen LogP contribution in [0, 0.1) is 47.3 Å². The SMILES string of the molecule is C.CCCCC(F)(F)C(=O)CCC1C=CC(=O)[C@@H]1C/C=C\CCCC(=O)OC.CCCCC(F)(F)C(=O)CCC1[C@H](S)CC(=O)[C@@H]1C/C=C\CCCC(=O)OC.CCCCC(F)(F)C1(O)CC[C@H]2[C@@H](CC(=O)[C@@H]2C/C=C\CCCC(=O)OC)S1.CCCCCCC(F)(F)C1(CCC2[C@H](O)C[C@H](O)[C@@H]2C/C=C\CCCC(=O)OC)OCCO1. The summed E-state index contributed by atoms with van der Waals surface area (Å²) in [5.41, 5.74) is 0. The van der Waals surface area contributed by atoms with E-state index in [9.17, 15) is 84.8 Å². The fourth-order valence-electron chi connectivity index (χ4n) is 15.9. The van der Waals surface area contributed by atoms with Crippen LogP contribution in [0.5, 0.6) is 0 Å². The highest BCUT2D eigenvalue weighted by molar-refractivity contribution is 8.01. The van der Waals surface area contributed by atoms with E-state index in [0.717, 1.165) is 37.4 Å². The molecule has 0 amide bonds. The number of Topliss-reactive ketones (excluding diaryl/α,β-unsaturated/α-hetero) is 4. The third-order valence-corrected chi connectivity index (χ3v) is 25.5. The molecule has 0 aromatic rings. The van der Waals surface area contributed by atoms with Gasteiger partial charge in [-0.25, -0.2) is 17.6 Å². The van der Waals surface area contributed by atoms with Crippen molar-refractivity contribution in [2.45, 2.75) is 355 Å². The molecule has 2 aliphatic heterocycles. The predicted octanol–water partition coefficient (Wildman–Crippen LogP) is 20.1. The number of hydrogen-bond acceptors (Lipinski definition) is 20. The van der Waals surface area contributed by atoms with Gasteiger partial charge in [-0.1, -0.05) is 128 Å². The molecule has 0 aromatic heterocycles. The monoisotopic (exact) mass is 1710 g/mol. The Morgan fingerprint density at radius 3 is 1.42 bits per heavy atom. The van der Waals surface area contributed by atoms with Crippen molar-refractivity contribution < 1.29 is 122 Å². The largest absolute Gasteiger partial charge is 0.469 e. The van der Waals surface area contributed by atoms with E-state index >= 15 is 8.78 Å². The van der Waals surface area contributed by atoms with E-state index < -0.39 is 71.0 Å². The molecule has 5 fully saturated rings. The van der Waals surface area contributed by atoms with Gasteiger partial charge in [-0.3, -0.25) is 43.2 Å². The first-order valence-electron chi connectivity index (χ1n) is 42.5.